The maximum atomic E-state index is 13.3. The molecular formula is C25H33N7O4S. The van der Waals surface area contributed by atoms with Gasteiger partial charge < -0.3 is 15.5 Å². The Morgan fingerprint density at radius 3 is 2.35 bits per heavy atom. The van der Waals surface area contributed by atoms with Crippen LogP contribution in [0.4, 0.5) is 5.82 Å². The second kappa shape index (κ2) is 10.9. The van der Waals surface area contributed by atoms with Crippen LogP contribution in [0.5, 0.6) is 0 Å². The summed E-state index contributed by atoms with van der Waals surface area (Å²) in [7, 11) is -3.32. The number of piperazine rings is 1. The van der Waals surface area contributed by atoms with Crippen molar-refractivity contribution < 1.29 is 18.0 Å². The fourth-order valence-electron chi connectivity index (χ4n) is 4.34. The van der Waals surface area contributed by atoms with Gasteiger partial charge in [0.05, 0.1) is 17.6 Å². The Kier molecular flexibility index (Phi) is 7.79. The quantitative estimate of drug-likeness (QED) is 0.448. The first-order valence-corrected chi connectivity index (χ1v) is 14.1. The number of benzene rings is 1. The third-order valence-electron chi connectivity index (χ3n) is 6.21. The van der Waals surface area contributed by atoms with E-state index in [-0.39, 0.29) is 22.8 Å². The average molecular weight is 528 g/mol. The van der Waals surface area contributed by atoms with Crippen molar-refractivity contribution in [2.24, 2.45) is 0 Å². The second-order valence-corrected chi connectivity index (χ2v) is 11.6. The summed E-state index contributed by atoms with van der Waals surface area (Å²) in [5, 5.41) is 6.22. The van der Waals surface area contributed by atoms with Gasteiger partial charge in [-0.1, -0.05) is 12.1 Å². The Hall–Kier alpha value is -3.51. The average Bonchev–Trinajstić information content (AvgIpc) is 3.21. The van der Waals surface area contributed by atoms with Crippen molar-refractivity contribution in [1.82, 2.24) is 29.5 Å². The Morgan fingerprint density at radius 2 is 1.73 bits per heavy atom. The Balaban J connectivity index is 1.48. The lowest BCUT2D eigenvalue weighted by Gasteiger charge is -2.35. The van der Waals surface area contributed by atoms with Crippen LogP contribution in [0, 0.1) is 0 Å². The molecule has 1 unspecified atom stereocenters. The molecule has 1 atom stereocenters. The number of fused-ring (bicyclic) bond motifs is 1. The van der Waals surface area contributed by atoms with Crippen molar-refractivity contribution >= 4 is 33.1 Å². The van der Waals surface area contributed by atoms with Crippen molar-refractivity contribution in [3.8, 4) is 11.3 Å². The number of imidazole rings is 1. The number of hydrogen-bond donors (Lipinski definition) is 2. The van der Waals surface area contributed by atoms with E-state index in [9.17, 15) is 18.0 Å². The number of amides is 2. The molecule has 0 bridgehead atoms. The van der Waals surface area contributed by atoms with Crippen molar-refractivity contribution in [2.75, 3.05) is 44.3 Å². The van der Waals surface area contributed by atoms with Crippen LogP contribution in [0.1, 0.15) is 20.8 Å². The van der Waals surface area contributed by atoms with E-state index < -0.39 is 15.9 Å². The standard InChI is InChI=1S/C25H33N7O4S/c1-17(2)27-22(33)16-30-11-13-31(14-12-30)25(34)18(3)28-24-23(29-21-15-26-9-10-32(21)24)19-5-7-20(8-6-19)37(4,35)36/h5-10,15,17-18,28H,11-14,16H2,1-4H3,(H,27,33). The number of anilines is 1. The molecule has 2 N–H and O–H groups in total. The summed E-state index contributed by atoms with van der Waals surface area (Å²) in [6.45, 7) is 8.32. The summed E-state index contributed by atoms with van der Waals surface area (Å²) < 4.78 is 25.6. The number of carbonyl (C=O) groups is 2. The summed E-state index contributed by atoms with van der Waals surface area (Å²) in [6, 6.07) is 6.06. The summed E-state index contributed by atoms with van der Waals surface area (Å²) in [6.07, 6.45) is 6.19. The van der Waals surface area contributed by atoms with Gasteiger partial charge in [-0.3, -0.25) is 23.9 Å². The lowest BCUT2D eigenvalue weighted by atomic mass is 10.1. The Bertz CT molecular complexity index is 1380. The molecule has 4 rings (SSSR count). The topological polar surface area (TPSA) is 129 Å². The van der Waals surface area contributed by atoms with Crippen LogP contribution in [-0.2, 0) is 19.4 Å². The van der Waals surface area contributed by atoms with Crippen LogP contribution in [0.25, 0.3) is 16.9 Å². The monoisotopic (exact) mass is 527 g/mol. The fourth-order valence-corrected chi connectivity index (χ4v) is 4.97. The lowest BCUT2D eigenvalue weighted by molar-refractivity contribution is -0.133. The number of hydrogen-bond acceptors (Lipinski definition) is 8. The van der Waals surface area contributed by atoms with Crippen molar-refractivity contribution in [3.05, 3.63) is 42.9 Å². The van der Waals surface area contributed by atoms with E-state index in [1.807, 2.05) is 25.2 Å². The first kappa shape index (κ1) is 26.6. The number of rotatable bonds is 8. The Labute approximate surface area is 216 Å². The molecule has 3 aromatic rings. The van der Waals surface area contributed by atoms with Gasteiger partial charge in [0, 0.05) is 56.4 Å². The van der Waals surface area contributed by atoms with Crippen LogP contribution in [-0.4, -0.2) is 95.5 Å². The number of aromatic nitrogens is 3. The van der Waals surface area contributed by atoms with Gasteiger partial charge in [-0.15, -0.1) is 0 Å². The molecule has 12 heteroatoms. The molecule has 198 valence electrons. The fraction of sp³-hybridized carbons (Fsp3) is 0.440. The van der Waals surface area contributed by atoms with Crippen LogP contribution < -0.4 is 10.6 Å². The van der Waals surface area contributed by atoms with Crippen LogP contribution >= 0.6 is 0 Å². The molecule has 1 fully saturated rings. The zero-order valence-electron chi connectivity index (χ0n) is 21.5. The molecule has 0 saturated carbocycles. The summed E-state index contributed by atoms with van der Waals surface area (Å²) in [4.78, 5) is 38.3. The van der Waals surface area contributed by atoms with E-state index >= 15 is 0 Å². The highest BCUT2D eigenvalue weighted by atomic mass is 32.2. The normalized spacial score (nSPS) is 15.6. The minimum Gasteiger partial charge on any atom is -0.358 e. The number of nitrogens with zero attached hydrogens (tertiary/aromatic N) is 5. The molecule has 11 nitrogen and oxygen atoms in total. The Morgan fingerprint density at radius 1 is 1.05 bits per heavy atom. The largest absolute Gasteiger partial charge is 0.358 e. The van der Waals surface area contributed by atoms with E-state index in [4.69, 9.17) is 0 Å². The summed E-state index contributed by atoms with van der Waals surface area (Å²) >= 11 is 0. The van der Waals surface area contributed by atoms with Gasteiger partial charge in [0.25, 0.3) is 0 Å². The third-order valence-corrected chi connectivity index (χ3v) is 7.34. The van der Waals surface area contributed by atoms with Gasteiger partial charge in [0.2, 0.25) is 11.8 Å². The molecule has 37 heavy (non-hydrogen) atoms. The molecule has 3 heterocycles. The highest BCUT2D eigenvalue weighted by Gasteiger charge is 2.27. The van der Waals surface area contributed by atoms with E-state index in [2.05, 4.69) is 25.5 Å². The van der Waals surface area contributed by atoms with Crippen LogP contribution in [0.15, 0.2) is 47.8 Å². The first-order chi connectivity index (χ1) is 17.5. The molecule has 2 aromatic heterocycles. The molecule has 1 saturated heterocycles. The smallest absolute Gasteiger partial charge is 0.244 e. The predicted octanol–water partition coefficient (Wildman–Crippen LogP) is 1.27. The lowest BCUT2D eigenvalue weighted by Crippen LogP contribution is -2.54. The molecule has 0 aliphatic carbocycles. The molecular weight excluding hydrogens is 494 g/mol. The highest BCUT2D eigenvalue weighted by Crippen LogP contribution is 2.30. The van der Waals surface area contributed by atoms with Gasteiger partial charge >= 0.3 is 0 Å². The molecule has 0 spiro atoms. The minimum atomic E-state index is -3.32. The predicted molar refractivity (Wildman–Crippen MR) is 141 cm³/mol. The van der Waals surface area contributed by atoms with Crippen molar-refractivity contribution in [2.45, 2.75) is 37.8 Å². The zero-order valence-corrected chi connectivity index (χ0v) is 22.3. The van der Waals surface area contributed by atoms with Gasteiger partial charge in [-0.05, 0) is 32.9 Å². The van der Waals surface area contributed by atoms with Gasteiger partial charge in [0.1, 0.15) is 17.6 Å². The molecule has 0 radical (unpaired) electrons. The second-order valence-electron chi connectivity index (χ2n) is 9.60. The number of carbonyl (C=O) groups excluding carboxylic acids is 2. The molecule has 1 aliphatic heterocycles. The van der Waals surface area contributed by atoms with Gasteiger partial charge in [-0.2, -0.15) is 0 Å². The van der Waals surface area contributed by atoms with E-state index in [0.717, 1.165) is 0 Å². The third kappa shape index (κ3) is 6.25. The molecule has 2 amide bonds. The first-order valence-electron chi connectivity index (χ1n) is 12.2. The number of sulfone groups is 1. The molecule has 1 aromatic carbocycles. The van der Waals surface area contributed by atoms with Gasteiger partial charge in [-0.25, -0.2) is 13.4 Å². The van der Waals surface area contributed by atoms with E-state index in [0.29, 0.717) is 55.4 Å². The summed E-state index contributed by atoms with van der Waals surface area (Å²) in [5.74, 6) is 0.562. The van der Waals surface area contributed by atoms with Crippen molar-refractivity contribution in [3.63, 3.8) is 0 Å². The van der Waals surface area contributed by atoms with Crippen molar-refractivity contribution in [1.29, 1.82) is 0 Å². The van der Waals surface area contributed by atoms with E-state index in [1.165, 1.54) is 6.26 Å². The van der Waals surface area contributed by atoms with Crippen LogP contribution in [0.2, 0.25) is 0 Å². The SMILES string of the molecule is CC(C)NC(=O)CN1CCN(C(=O)C(C)Nc2c(-c3ccc(S(C)(=O)=O)cc3)nc3cnccn23)CC1. The zero-order chi connectivity index (χ0) is 26.7. The summed E-state index contributed by atoms with van der Waals surface area (Å²) in [5.41, 5.74) is 1.90. The maximum Gasteiger partial charge on any atom is 0.244 e. The molecule has 1 aliphatic rings. The minimum absolute atomic E-state index is 0.0102. The van der Waals surface area contributed by atoms with E-state index in [1.54, 1.807) is 47.8 Å². The maximum absolute atomic E-state index is 13.3. The number of nitrogens with one attached hydrogen (secondary N) is 2. The van der Waals surface area contributed by atoms with Crippen LogP contribution in [0.3, 0.4) is 0 Å². The van der Waals surface area contributed by atoms with Gasteiger partial charge in [0.15, 0.2) is 15.5 Å². The highest BCUT2D eigenvalue weighted by molar-refractivity contribution is 7.90.